The van der Waals surface area contributed by atoms with Crippen LogP contribution in [0.1, 0.15) is 25.8 Å². The Morgan fingerprint density at radius 1 is 1.07 bits per heavy atom. The van der Waals surface area contributed by atoms with Gasteiger partial charge in [0.2, 0.25) is 5.91 Å². The lowest BCUT2D eigenvalue weighted by Crippen LogP contribution is -2.14. The van der Waals surface area contributed by atoms with Crippen LogP contribution < -0.4 is 14.8 Å². The van der Waals surface area contributed by atoms with Crippen molar-refractivity contribution in [2.24, 2.45) is 0 Å². The third kappa shape index (κ3) is 6.08. The van der Waals surface area contributed by atoms with Crippen molar-refractivity contribution in [2.45, 2.75) is 33.4 Å². The number of nitrogens with one attached hydrogen (secondary N) is 1. The van der Waals surface area contributed by atoms with Gasteiger partial charge in [0.25, 0.3) is 0 Å². The summed E-state index contributed by atoms with van der Waals surface area (Å²) < 4.78 is 15.6. The highest BCUT2D eigenvalue weighted by atomic mass is 79.9. The molecule has 9 heteroatoms. The van der Waals surface area contributed by atoms with E-state index in [0.29, 0.717) is 38.4 Å². The van der Waals surface area contributed by atoms with Crippen LogP contribution in [0, 0.1) is 0 Å². The first-order valence-corrected chi connectivity index (χ1v) is 10.3. The second-order valence-corrected chi connectivity index (χ2v) is 7.21. The Kier molecular flexibility index (Phi) is 7.29. The Bertz CT molecular complexity index is 953. The summed E-state index contributed by atoms with van der Waals surface area (Å²) in [5, 5.41) is 11.3. The summed E-state index contributed by atoms with van der Waals surface area (Å²) in [7, 11) is 0. The fraction of sp³-hybridized carbons (Fsp3) is 0.350. The van der Waals surface area contributed by atoms with Gasteiger partial charge in [0.05, 0.1) is 42.3 Å². The molecule has 1 amide bonds. The topological polar surface area (TPSA) is 83.2 Å². The summed E-state index contributed by atoms with van der Waals surface area (Å²) in [6.07, 6.45) is 7.30. The molecular formula is C20H24BrN5O3. The van der Waals surface area contributed by atoms with Gasteiger partial charge in [-0.3, -0.25) is 14.2 Å². The molecule has 0 aliphatic heterocycles. The van der Waals surface area contributed by atoms with Crippen molar-refractivity contribution in [3.05, 3.63) is 53.0 Å². The molecule has 0 fully saturated rings. The molecule has 29 heavy (non-hydrogen) atoms. The highest BCUT2D eigenvalue weighted by Gasteiger charge is 2.09. The average Bonchev–Trinajstić information content (AvgIpc) is 3.31. The van der Waals surface area contributed by atoms with Crippen LogP contribution in [-0.2, 0) is 17.9 Å². The maximum absolute atomic E-state index is 12.1. The van der Waals surface area contributed by atoms with Gasteiger partial charge in [-0.1, -0.05) is 6.07 Å². The number of halogens is 1. The molecule has 0 saturated carbocycles. The van der Waals surface area contributed by atoms with Crippen LogP contribution >= 0.6 is 15.9 Å². The number of aryl methyl sites for hydroxylation is 1. The van der Waals surface area contributed by atoms with E-state index in [1.54, 1.807) is 28.0 Å². The van der Waals surface area contributed by atoms with E-state index in [0.717, 1.165) is 21.5 Å². The van der Waals surface area contributed by atoms with Crippen LogP contribution in [0.5, 0.6) is 11.5 Å². The smallest absolute Gasteiger partial charge is 0.226 e. The van der Waals surface area contributed by atoms with E-state index in [1.807, 2.05) is 38.2 Å². The van der Waals surface area contributed by atoms with Crippen molar-refractivity contribution < 1.29 is 14.3 Å². The summed E-state index contributed by atoms with van der Waals surface area (Å²) in [5.41, 5.74) is 1.69. The molecule has 0 radical (unpaired) electrons. The highest BCUT2D eigenvalue weighted by Crippen LogP contribution is 2.28. The van der Waals surface area contributed by atoms with Crippen LogP contribution in [0.3, 0.4) is 0 Å². The maximum Gasteiger partial charge on any atom is 0.226 e. The number of hydrogen-bond acceptors (Lipinski definition) is 5. The fourth-order valence-corrected chi connectivity index (χ4v) is 3.12. The monoisotopic (exact) mass is 461 g/mol. The van der Waals surface area contributed by atoms with E-state index < -0.39 is 0 Å². The second kappa shape index (κ2) is 10.1. The Labute approximate surface area is 177 Å². The van der Waals surface area contributed by atoms with Gasteiger partial charge in [0.1, 0.15) is 0 Å². The molecule has 1 aromatic carbocycles. The minimum absolute atomic E-state index is 0.0872. The number of ether oxygens (including phenoxy) is 2. The number of carbonyl (C=O) groups is 1. The number of benzene rings is 1. The first-order chi connectivity index (χ1) is 14.1. The molecule has 3 rings (SSSR count). The summed E-state index contributed by atoms with van der Waals surface area (Å²) >= 11 is 3.34. The zero-order valence-electron chi connectivity index (χ0n) is 16.5. The molecule has 0 saturated heterocycles. The Balaban J connectivity index is 1.56. The predicted octanol–water partition coefficient (Wildman–Crippen LogP) is 3.72. The van der Waals surface area contributed by atoms with Crippen LogP contribution in [0.25, 0.3) is 0 Å². The third-order valence-corrected chi connectivity index (χ3v) is 4.45. The minimum Gasteiger partial charge on any atom is -0.490 e. The van der Waals surface area contributed by atoms with Gasteiger partial charge in [-0.25, -0.2) is 0 Å². The molecule has 8 nitrogen and oxygen atoms in total. The third-order valence-electron chi connectivity index (χ3n) is 4.04. The van der Waals surface area contributed by atoms with Crippen molar-refractivity contribution in [2.75, 3.05) is 18.5 Å². The SMILES string of the molecule is CCOc1ccc(Cn2cc(NC(=O)CCn3cc(Br)cn3)cn2)cc1OCC. The average molecular weight is 462 g/mol. The van der Waals surface area contributed by atoms with E-state index in [2.05, 4.69) is 31.4 Å². The van der Waals surface area contributed by atoms with E-state index in [9.17, 15) is 4.79 Å². The Morgan fingerprint density at radius 3 is 2.55 bits per heavy atom. The van der Waals surface area contributed by atoms with Crippen LogP contribution in [0.4, 0.5) is 5.69 Å². The first-order valence-electron chi connectivity index (χ1n) is 9.46. The van der Waals surface area contributed by atoms with Crippen LogP contribution in [0.15, 0.2) is 47.5 Å². The number of hydrogen-bond donors (Lipinski definition) is 1. The Hall–Kier alpha value is -2.81. The van der Waals surface area contributed by atoms with Gasteiger partial charge in [-0.2, -0.15) is 10.2 Å². The summed E-state index contributed by atoms with van der Waals surface area (Å²) in [4.78, 5) is 12.1. The number of amides is 1. The van der Waals surface area contributed by atoms with Crippen molar-refractivity contribution in [1.82, 2.24) is 19.6 Å². The lowest BCUT2D eigenvalue weighted by Gasteiger charge is -2.12. The zero-order chi connectivity index (χ0) is 20.6. The molecule has 0 aliphatic carbocycles. The van der Waals surface area contributed by atoms with Crippen molar-refractivity contribution in [3.63, 3.8) is 0 Å². The highest BCUT2D eigenvalue weighted by molar-refractivity contribution is 9.10. The fourth-order valence-electron chi connectivity index (χ4n) is 2.80. The molecule has 2 aromatic heterocycles. The molecule has 1 N–H and O–H groups in total. The van der Waals surface area contributed by atoms with Crippen LogP contribution in [-0.4, -0.2) is 38.7 Å². The molecule has 3 aromatic rings. The Morgan fingerprint density at radius 2 is 1.83 bits per heavy atom. The molecule has 0 bridgehead atoms. The quantitative estimate of drug-likeness (QED) is 0.497. The molecular weight excluding hydrogens is 438 g/mol. The van der Waals surface area contributed by atoms with E-state index >= 15 is 0 Å². The zero-order valence-corrected chi connectivity index (χ0v) is 18.1. The summed E-state index contributed by atoms with van der Waals surface area (Å²) in [6.45, 7) is 6.10. The largest absolute Gasteiger partial charge is 0.490 e. The molecule has 0 spiro atoms. The second-order valence-electron chi connectivity index (χ2n) is 6.29. The number of rotatable bonds is 10. The van der Waals surface area contributed by atoms with Crippen molar-refractivity contribution in [1.29, 1.82) is 0 Å². The van der Waals surface area contributed by atoms with E-state index in [1.165, 1.54) is 0 Å². The van der Waals surface area contributed by atoms with Crippen LogP contribution in [0.2, 0.25) is 0 Å². The van der Waals surface area contributed by atoms with Crippen molar-refractivity contribution >= 4 is 27.5 Å². The number of anilines is 1. The number of aromatic nitrogens is 4. The summed E-state index contributed by atoms with van der Waals surface area (Å²) in [5.74, 6) is 1.37. The maximum atomic E-state index is 12.1. The molecule has 2 heterocycles. The molecule has 0 aliphatic rings. The van der Waals surface area contributed by atoms with Crippen molar-refractivity contribution in [3.8, 4) is 11.5 Å². The lowest BCUT2D eigenvalue weighted by atomic mass is 10.2. The first kappa shape index (κ1) is 20.9. The van der Waals surface area contributed by atoms with Gasteiger partial charge < -0.3 is 14.8 Å². The van der Waals surface area contributed by atoms with E-state index in [4.69, 9.17) is 9.47 Å². The minimum atomic E-state index is -0.0872. The molecule has 0 atom stereocenters. The normalized spacial score (nSPS) is 10.7. The number of nitrogens with zero attached hydrogens (tertiary/aromatic N) is 4. The van der Waals surface area contributed by atoms with Gasteiger partial charge in [0.15, 0.2) is 11.5 Å². The lowest BCUT2D eigenvalue weighted by molar-refractivity contribution is -0.116. The molecule has 154 valence electrons. The van der Waals surface area contributed by atoms with Gasteiger partial charge in [-0.05, 0) is 47.5 Å². The summed E-state index contributed by atoms with van der Waals surface area (Å²) in [6, 6.07) is 5.84. The molecule has 0 unspecified atom stereocenters. The van der Waals surface area contributed by atoms with Gasteiger partial charge in [-0.15, -0.1) is 0 Å². The van der Waals surface area contributed by atoms with Gasteiger partial charge >= 0.3 is 0 Å². The number of carbonyl (C=O) groups excluding carboxylic acids is 1. The standard InChI is InChI=1S/C20H24BrN5O3/c1-3-28-18-6-5-15(9-19(18)29-4-2)12-26-14-17(11-23-26)24-20(27)7-8-25-13-16(21)10-22-25/h5-6,9-11,13-14H,3-4,7-8,12H2,1-2H3,(H,24,27). The van der Waals surface area contributed by atoms with Gasteiger partial charge in [0, 0.05) is 25.4 Å². The predicted molar refractivity (Wildman–Crippen MR) is 113 cm³/mol. The van der Waals surface area contributed by atoms with E-state index in [-0.39, 0.29) is 5.91 Å².